The number of alkyl carbamates (subject to hydrolysis) is 1. The number of ether oxygens (including phenoxy) is 1. The Labute approximate surface area is 209 Å². The van der Waals surface area contributed by atoms with Crippen LogP contribution < -0.4 is 15.5 Å². The van der Waals surface area contributed by atoms with Crippen LogP contribution in [0.4, 0.5) is 20.6 Å². The summed E-state index contributed by atoms with van der Waals surface area (Å²) in [5.41, 5.74) is 2.38. The van der Waals surface area contributed by atoms with Crippen LogP contribution in [0.1, 0.15) is 16.9 Å². The predicted molar refractivity (Wildman–Crippen MR) is 140 cm³/mol. The van der Waals surface area contributed by atoms with Crippen LogP contribution in [0.15, 0.2) is 85.8 Å². The van der Waals surface area contributed by atoms with Gasteiger partial charge in [0.05, 0.1) is 11.2 Å². The van der Waals surface area contributed by atoms with Gasteiger partial charge in [-0.05, 0) is 36.3 Å². The largest absolute Gasteiger partial charge is 0.445 e. The number of hydrogen-bond acceptors (Lipinski definition) is 6. The highest BCUT2D eigenvalue weighted by Gasteiger charge is 2.16. The summed E-state index contributed by atoms with van der Waals surface area (Å²) in [6, 6.07) is 9.87. The fourth-order valence-corrected chi connectivity index (χ4v) is 3.48. The lowest BCUT2D eigenvalue weighted by Gasteiger charge is -2.21. The van der Waals surface area contributed by atoms with Gasteiger partial charge < -0.3 is 20.3 Å². The standard InChI is InChI=1S/C27H28FN5O3/c1-4-9-19(5-2)18-36-27(35)31-15-8-17-33(3)23-13-16-30-24-20(23)10-6-12-22(24)32-26(34)25-21(28)11-7-14-29-25/h4-7,9-14,16H,1-2,8,15,17-18H2,3H3,(H,31,35)(H,32,34)/b19-9+. The molecule has 2 N–H and O–H groups in total. The van der Waals surface area contributed by atoms with E-state index in [1.165, 1.54) is 18.3 Å². The molecule has 0 radical (unpaired) electrons. The minimum Gasteiger partial charge on any atom is -0.445 e. The number of halogens is 1. The molecule has 1 aromatic carbocycles. The van der Waals surface area contributed by atoms with Crippen molar-refractivity contribution in [2.45, 2.75) is 6.42 Å². The Bertz CT molecular complexity index is 1290. The van der Waals surface area contributed by atoms with E-state index in [4.69, 9.17) is 4.74 Å². The molecule has 0 saturated heterocycles. The lowest BCUT2D eigenvalue weighted by Crippen LogP contribution is -2.29. The van der Waals surface area contributed by atoms with Crippen molar-refractivity contribution in [1.29, 1.82) is 0 Å². The second-order valence-electron chi connectivity index (χ2n) is 7.78. The first-order chi connectivity index (χ1) is 17.4. The number of hydrogen-bond donors (Lipinski definition) is 2. The summed E-state index contributed by atoms with van der Waals surface area (Å²) in [6.45, 7) is 8.46. The Hall–Kier alpha value is -4.53. The smallest absolute Gasteiger partial charge is 0.407 e. The molecular weight excluding hydrogens is 461 g/mol. The minimum absolute atomic E-state index is 0.121. The van der Waals surface area contributed by atoms with Gasteiger partial charge in [0.15, 0.2) is 11.5 Å². The first-order valence-corrected chi connectivity index (χ1v) is 11.3. The summed E-state index contributed by atoms with van der Waals surface area (Å²) in [5.74, 6) is -1.35. The van der Waals surface area contributed by atoms with Crippen LogP contribution in [0.3, 0.4) is 0 Å². The summed E-state index contributed by atoms with van der Waals surface area (Å²) in [6.07, 6.45) is 8.11. The highest BCUT2D eigenvalue weighted by molar-refractivity contribution is 6.09. The summed E-state index contributed by atoms with van der Waals surface area (Å²) in [7, 11) is 1.93. The number of fused-ring (bicyclic) bond motifs is 1. The fraction of sp³-hybridized carbons (Fsp3) is 0.185. The van der Waals surface area contributed by atoms with Crippen LogP contribution >= 0.6 is 0 Å². The molecule has 0 unspecified atom stereocenters. The van der Waals surface area contributed by atoms with E-state index < -0.39 is 17.8 Å². The number of benzene rings is 1. The van der Waals surface area contributed by atoms with Crippen molar-refractivity contribution in [2.24, 2.45) is 0 Å². The van der Waals surface area contributed by atoms with Crippen molar-refractivity contribution in [1.82, 2.24) is 15.3 Å². The van der Waals surface area contributed by atoms with Gasteiger partial charge in [-0.1, -0.05) is 43.5 Å². The maximum absolute atomic E-state index is 14.0. The fourth-order valence-electron chi connectivity index (χ4n) is 3.48. The highest BCUT2D eigenvalue weighted by Crippen LogP contribution is 2.29. The van der Waals surface area contributed by atoms with Gasteiger partial charge in [-0.15, -0.1) is 0 Å². The van der Waals surface area contributed by atoms with Crippen molar-refractivity contribution >= 4 is 34.3 Å². The van der Waals surface area contributed by atoms with E-state index in [1.54, 1.807) is 36.6 Å². The number of allylic oxidation sites excluding steroid dienone is 2. The third-order valence-electron chi connectivity index (χ3n) is 5.28. The SMILES string of the molecule is C=C/C=C(\C=C)COC(=O)NCCCN(C)c1ccnc2c(NC(=O)c3ncccc3F)cccc12. The molecule has 0 aliphatic heterocycles. The van der Waals surface area contributed by atoms with Gasteiger partial charge >= 0.3 is 6.09 Å². The highest BCUT2D eigenvalue weighted by atomic mass is 19.1. The second-order valence-corrected chi connectivity index (χ2v) is 7.78. The second kappa shape index (κ2) is 12.8. The number of anilines is 2. The number of para-hydroxylation sites is 1. The Kier molecular flexibility index (Phi) is 9.27. The first-order valence-electron chi connectivity index (χ1n) is 11.3. The van der Waals surface area contributed by atoms with E-state index in [0.717, 1.165) is 16.6 Å². The number of carbonyl (C=O) groups excluding carboxylic acids is 2. The number of carbonyl (C=O) groups is 2. The number of pyridine rings is 2. The van der Waals surface area contributed by atoms with Gasteiger partial charge in [0.1, 0.15) is 6.61 Å². The zero-order valence-electron chi connectivity index (χ0n) is 20.0. The summed E-state index contributed by atoms with van der Waals surface area (Å²) < 4.78 is 19.1. The molecule has 186 valence electrons. The predicted octanol–water partition coefficient (Wildman–Crippen LogP) is 4.87. The molecule has 0 aliphatic rings. The van der Waals surface area contributed by atoms with Gasteiger partial charge in [-0.2, -0.15) is 0 Å². The molecule has 0 saturated carbocycles. The number of rotatable bonds is 11. The molecule has 36 heavy (non-hydrogen) atoms. The third-order valence-corrected chi connectivity index (χ3v) is 5.28. The van der Waals surface area contributed by atoms with Crippen molar-refractivity contribution in [2.75, 3.05) is 37.0 Å². The van der Waals surface area contributed by atoms with Gasteiger partial charge in [0.25, 0.3) is 5.91 Å². The monoisotopic (exact) mass is 489 g/mol. The van der Waals surface area contributed by atoms with Gasteiger partial charge in [-0.25, -0.2) is 14.2 Å². The van der Waals surface area contributed by atoms with Crippen LogP contribution in [-0.4, -0.2) is 48.7 Å². The number of nitrogens with zero attached hydrogens (tertiary/aromatic N) is 3. The van der Waals surface area contributed by atoms with Crippen molar-refractivity contribution in [3.63, 3.8) is 0 Å². The van der Waals surface area contributed by atoms with Crippen LogP contribution in [0.2, 0.25) is 0 Å². The van der Waals surface area contributed by atoms with Gasteiger partial charge in [-0.3, -0.25) is 9.78 Å². The molecule has 0 atom stereocenters. The molecular formula is C27H28FN5O3. The topological polar surface area (TPSA) is 96.5 Å². The van der Waals surface area contributed by atoms with Crippen molar-refractivity contribution in [3.8, 4) is 0 Å². The Morgan fingerprint density at radius 3 is 2.72 bits per heavy atom. The number of aromatic nitrogens is 2. The maximum Gasteiger partial charge on any atom is 0.407 e. The number of amides is 2. The van der Waals surface area contributed by atoms with Crippen molar-refractivity contribution < 1.29 is 18.7 Å². The quantitative estimate of drug-likeness (QED) is 0.295. The zero-order valence-corrected chi connectivity index (χ0v) is 20.0. The van der Waals surface area contributed by atoms with E-state index in [1.807, 2.05) is 24.1 Å². The van der Waals surface area contributed by atoms with E-state index in [2.05, 4.69) is 33.8 Å². The van der Waals surface area contributed by atoms with E-state index in [-0.39, 0.29) is 12.3 Å². The molecule has 0 aliphatic carbocycles. The van der Waals surface area contributed by atoms with Gasteiger partial charge in [0, 0.05) is 43.6 Å². The van der Waals surface area contributed by atoms with Crippen LogP contribution in [-0.2, 0) is 4.74 Å². The van der Waals surface area contributed by atoms with E-state index >= 15 is 0 Å². The van der Waals surface area contributed by atoms with E-state index in [9.17, 15) is 14.0 Å². The molecule has 0 spiro atoms. The molecule has 3 aromatic rings. The molecule has 2 aromatic heterocycles. The molecule has 8 nitrogen and oxygen atoms in total. The molecule has 2 amide bonds. The molecule has 2 heterocycles. The lowest BCUT2D eigenvalue weighted by molar-refractivity contribution is 0.101. The summed E-state index contributed by atoms with van der Waals surface area (Å²) in [4.78, 5) is 34.7. The normalized spacial score (nSPS) is 11.0. The molecule has 0 bridgehead atoms. The average Bonchev–Trinajstić information content (AvgIpc) is 2.89. The maximum atomic E-state index is 14.0. The van der Waals surface area contributed by atoms with Crippen LogP contribution in [0.25, 0.3) is 10.9 Å². The van der Waals surface area contributed by atoms with Crippen LogP contribution in [0, 0.1) is 5.82 Å². The first kappa shape index (κ1) is 26.1. The van der Waals surface area contributed by atoms with Crippen LogP contribution in [0.5, 0.6) is 0 Å². The zero-order chi connectivity index (χ0) is 25.9. The molecule has 3 rings (SSSR count). The Morgan fingerprint density at radius 2 is 1.97 bits per heavy atom. The third kappa shape index (κ3) is 6.75. The number of nitrogens with one attached hydrogen (secondary N) is 2. The van der Waals surface area contributed by atoms with Crippen molar-refractivity contribution in [3.05, 3.63) is 97.3 Å². The minimum atomic E-state index is -0.699. The molecule has 0 fully saturated rings. The summed E-state index contributed by atoms with van der Waals surface area (Å²) in [5, 5.41) is 6.25. The molecule has 9 heteroatoms. The Balaban J connectivity index is 1.61. The Morgan fingerprint density at radius 1 is 1.14 bits per heavy atom. The lowest BCUT2D eigenvalue weighted by atomic mass is 10.1. The van der Waals surface area contributed by atoms with E-state index in [0.29, 0.717) is 30.7 Å². The average molecular weight is 490 g/mol. The summed E-state index contributed by atoms with van der Waals surface area (Å²) >= 11 is 0. The van der Waals surface area contributed by atoms with Gasteiger partial charge in [0.2, 0.25) is 0 Å².